The lowest BCUT2D eigenvalue weighted by Gasteiger charge is -2.38. The summed E-state index contributed by atoms with van der Waals surface area (Å²) in [6.07, 6.45) is 4.37. The first kappa shape index (κ1) is 10.9. The van der Waals surface area contributed by atoms with Crippen LogP contribution in [0.2, 0.25) is 0 Å². The van der Waals surface area contributed by atoms with Crippen LogP contribution in [0.4, 0.5) is 0 Å². The van der Waals surface area contributed by atoms with Gasteiger partial charge in [-0.3, -0.25) is 4.79 Å². The molecular weight excluding hydrogens is 194 g/mol. The Morgan fingerprint density at radius 2 is 2.33 bits per heavy atom. The Labute approximate surface area is 90.2 Å². The number of ether oxygens (including phenoxy) is 1. The molecule has 4 heteroatoms. The van der Waals surface area contributed by atoms with Gasteiger partial charge in [0.1, 0.15) is 5.41 Å². The lowest BCUT2D eigenvalue weighted by atomic mass is 9.84. The minimum absolute atomic E-state index is 0.374. The van der Waals surface area contributed by atoms with Crippen molar-refractivity contribution in [1.82, 2.24) is 4.90 Å². The highest BCUT2D eigenvalue weighted by molar-refractivity contribution is 5.75. The summed E-state index contributed by atoms with van der Waals surface area (Å²) >= 11 is 0. The molecule has 1 saturated heterocycles. The van der Waals surface area contributed by atoms with E-state index < -0.39 is 11.4 Å². The van der Waals surface area contributed by atoms with E-state index in [1.165, 1.54) is 19.3 Å². The number of hydrogen-bond acceptors (Lipinski definition) is 3. The molecule has 1 aliphatic heterocycles. The largest absolute Gasteiger partial charge is 0.481 e. The molecule has 0 amide bonds. The lowest BCUT2D eigenvalue weighted by molar-refractivity contribution is -0.150. The van der Waals surface area contributed by atoms with E-state index in [9.17, 15) is 9.90 Å². The smallest absolute Gasteiger partial charge is 0.313 e. The number of carbonyl (C=O) groups is 1. The first-order chi connectivity index (χ1) is 7.14. The second-order valence-electron chi connectivity index (χ2n) is 4.89. The zero-order chi connectivity index (χ0) is 10.9. The minimum Gasteiger partial charge on any atom is -0.481 e. The number of aliphatic carboxylic acids is 1. The molecule has 2 rings (SSSR count). The van der Waals surface area contributed by atoms with Crippen LogP contribution in [0.3, 0.4) is 0 Å². The average Bonchev–Trinajstić information content (AvgIpc) is 2.50. The molecule has 0 radical (unpaired) electrons. The molecule has 86 valence electrons. The second-order valence-corrected chi connectivity index (χ2v) is 4.89. The predicted octanol–water partition coefficient (Wildman–Crippen LogP) is 0.962. The Morgan fingerprint density at radius 3 is 2.73 bits per heavy atom. The van der Waals surface area contributed by atoms with Gasteiger partial charge in [0.25, 0.3) is 0 Å². The normalized spacial score (nSPS) is 31.9. The van der Waals surface area contributed by atoms with E-state index in [1.54, 1.807) is 0 Å². The van der Waals surface area contributed by atoms with Crippen molar-refractivity contribution in [2.75, 3.05) is 26.8 Å². The maximum absolute atomic E-state index is 11.3. The molecule has 1 saturated carbocycles. The summed E-state index contributed by atoms with van der Waals surface area (Å²) in [6.45, 7) is 1.59. The Morgan fingerprint density at radius 1 is 1.60 bits per heavy atom. The summed E-state index contributed by atoms with van der Waals surface area (Å²) in [5.74, 6) is -0.703. The van der Waals surface area contributed by atoms with Crippen LogP contribution in [0.1, 0.15) is 25.7 Å². The van der Waals surface area contributed by atoms with Gasteiger partial charge < -0.3 is 14.7 Å². The van der Waals surface area contributed by atoms with Crippen molar-refractivity contribution < 1.29 is 14.6 Å². The van der Waals surface area contributed by atoms with Gasteiger partial charge in [-0.2, -0.15) is 0 Å². The summed E-state index contributed by atoms with van der Waals surface area (Å²) in [4.78, 5) is 13.5. The highest BCUT2D eigenvalue weighted by Gasteiger charge is 2.44. The summed E-state index contributed by atoms with van der Waals surface area (Å²) in [7, 11) is 2.03. The molecule has 0 aromatic heterocycles. The van der Waals surface area contributed by atoms with Crippen LogP contribution < -0.4 is 0 Å². The molecule has 0 aromatic rings. The topological polar surface area (TPSA) is 49.8 Å². The first-order valence-electron chi connectivity index (χ1n) is 5.65. The molecule has 1 heterocycles. The molecule has 1 atom stereocenters. The van der Waals surface area contributed by atoms with Gasteiger partial charge in [-0.25, -0.2) is 0 Å². The number of rotatable bonds is 4. The molecule has 1 aliphatic carbocycles. The van der Waals surface area contributed by atoms with Crippen LogP contribution >= 0.6 is 0 Å². The van der Waals surface area contributed by atoms with Crippen LogP contribution in [-0.4, -0.2) is 48.8 Å². The van der Waals surface area contributed by atoms with Gasteiger partial charge >= 0.3 is 5.97 Å². The van der Waals surface area contributed by atoms with Crippen molar-refractivity contribution >= 4 is 5.97 Å². The summed E-state index contributed by atoms with van der Waals surface area (Å²) < 4.78 is 5.25. The Hall–Kier alpha value is -0.610. The van der Waals surface area contributed by atoms with Crippen LogP contribution in [0.15, 0.2) is 0 Å². The van der Waals surface area contributed by atoms with Crippen LogP contribution in [-0.2, 0) is 9.53 Å². The fourth-order valence-corrected chi connectivity index (χ4v) is 2.40. The van der Waals surface area contributed by atoms with Gasteiger partial charge in [-0.15, -0.1) is 0 Å². The Bertz CT molecular complexity index is 244. The third kappa shape index (κ3) is 2.01. The highest BCUT2D eigenvalue weighted by Crippen LogP contribution is 2.33. The average molecular weight is 213 g/mol. The quantitative estimate of drug-likeness (QED) is 0.755. The van der Waals surface area contributed by atoms with Crippen molar-refractivity contribution in [1.29, 1.82) is 0 Å². The van der Waals surface area contributed by atoms with Crippen molar-refractivity contribution in [2.24, 2.45) is 5.41 Å². The van der Waals surface area contributed by atoms with E-state index >= 15 is 0 Å². The molecule has 0 aromatic carbocycles. The minimum atomic E-state index is -0.703. The van der Waals surface area contributed by atoms with Crippen molar-refractivity contribution in [3.8, 4) is 0 Å². The van der Waals surface area contributed by atoms with Gasteiger partial charge in [0.15, 0.2) is 0 Å². The second kappa shape index (κ2) is 4.10. The number of carboxylic acid groups (broad SMARTS) is 1. The molecule has 1 N–H and O–H groups in total. The van der Waals surface area contributed by atoms with Crippen molar-refractivity contribution in [3.63, 3.8) is 0 Å². The third-order valence-corrected chi connectivity index (χ3v) is 3.81. The third-order valence-electron chi connectivity index (χ3n) is 3.81. The van der Waals surface area contributed by atoms with Crippen LogP contribution in [0.5, 0.6) is 0 Å². The molecule has 15 heavy (non-hydrogen) atoms. The molecule has 0 spiro atoms. The molecule has 0 bridgehead atoms. The SMILES string of the molecule is CN(CC1(C(=O)O)CCOC1)C1CCC1. The highest BCUT2D eigenvalue weighted by atomic mass is 16.5. The fraction of sp³-hybridized carbons (Fsp3) is 0.909. The van der Waals surface area contributed by atoms with Gasteiger partial charge in [0, 0.05) is 19.2 Å². The van der Waals surface area contributed by atoms with Gasteiger partial charge in [0.05, 0.1) is 6.61 Å². The van der Waals surface area contributed by atoms with E-state index in [-0.39, 0.29) is 0 Å². The summed E-state index contributed by atoms with van der Waals surface area (Å²) in [5.41, 5.74) is -0.648. The van der Waals surface area contributed by atoms with E-state index in [2.05, 4.69) is 4.90 Å². The summed E-state index contributed by atoms with van der Waals surface area (Å²) in [5, 5.41) is 9.28. The van der Waals surface area contributed by atoms with E-state index in [0.29, 0.717) is 32.2 Å². The Balaban J connectivity index is 1.96. The van der Waals surface area contributed by atoms with E-state index in [4.69, 9.17) is 4.74 Å². The molecular formula is C11H19NO3. The number of nitrogens with zero attached hydrogens (tertiary/aromatic N) is 1. The molecule has 4 nitrogen and oxygen atoms in total. The Kier molecular flexibility index (Phi) is 2.98. The van der Waals surface area contributed by atoms with Crippen molar-refractivity contribution in [2.45, 2.75) is 31.7 Å². The number of hydrogen-bond donors (Lipinski definition) is 1. The fourth-order valence-electron chi connectivity index (χ4n) is 2.40. The van der Waals surface area contributed by atoms with Crippen LogP contribution in [0, 0.1) is 5.41 Å². The predicted molar refractivity (Wildman–Crippen MR) is 55.8 cm³/mol. The lowest BCUT2D eigenvalue weighted by Crippen LogP contribution is -2.47. The molecule has 2 fully saturated rings. The summed E-state index contributed by atoms with van der Waals surface area (Å²) in [6, 6.07) is 0.599. The van der Waals surface area contributed by atoms with Gasteiger partial charge in [0.2, 0.25) is 0 Å². The zero-order valence-electron chi connectivity index (χ0n) is 9.24. The van der Waals surface area contributed by atoms with E-state index in [0.717, 1.165) is 0 Å². The van der Waals surface area contributed by atoms with E-state index in [1.807, 2.05) is 7.05 Å². The molecule has 1 unspecified atom stereocenters. The first-order valence-corrected chi connectivity index (χ1v) is 5.65. The van der Waals surface area contributed by atoms with Gasteiger partial charge in [-0.05, 0) is 26.3 Å². The zero-order valence-corrected chi connectivity index (χ0v) is 9.24. The monoisotopic (exact) mass is 213 g/mol. The van der Waals surface area contributed by atoms with Crippen LogP contribution in [0.25, 0.3) is 0 Å². The maximum atomic E-state index is 11.3. The number of carboxylic acids is 1. The van der Waals surface area contributed by atoms with Gasteiger partial charge in [-0.1, -0.05) is 6.42 Å². The standard InChI is InChI=1S/C11H19NO3/c1-12(9-3-2-4-9)7-11(10(13)14)5-6-15-8-11/h9H,2-8H2,1H3,(H,13,14). The van der Waals surface area contributed by atoms with Crippen molar-refractivity contribution in [3.05, 3.63) is 0 Å². The molecule has 2 aliphatic rings. The maximum Gasteiger partial charge on any atom is 0.313 e.